The maximum atomic E-state index is 12.9. The monoisotopic (exact) mass is 471 g/mol. The molecule has 3 rings (SSSR count). The van der Waals surface area contributed by atoms with E-state index in [4.69, 9.17) is 0 Å². The van der Waals surface area contributed by atoms with E-state index in [9.17, 15) is 18.0 Å². The third kappa shape index (κ3) is 5.55. The molecule has 1 fully saturated rings. The van der Waals surface area contributed by atoms with Gasteiger partial charge in [-0.2, -0.15) is 4.31 Å². The number of rotatable bonds is 7. The number of benzene rings is 1. The Bertz CT molecular complexity index is 1020. The second kappa shape index (κ2) is 9.83. The van der Waals surface area contributed by atoms with Crippen molar-refractivity contribution >= 4 is 50.1 Å². The molecule has 1 amide bonds. The first-order valence-corrected chi connectivity index (χ1v) is 12.2. The van der Waals surface area contributed by atoms with Crippen LogP contribution in [0.4, 0.5) is 5.13 Å². The van der Waals surface area contributed by atoms with E-state index in [2.05, 4.69) is 25.2 Å². The van der Waals surface area contributed by atoms with Gasteiger partial charge in [0.25, 0.3) is 5.91 Å². The average Bonchev–Trinajstić information content (AvgIpc) is 3.19. The van der Waals surface area contributed by atoms with Crippen LogP contribution in [0.2, 0.25) is 0 Å². The number of carbonyl (C=O) groups is 2. The molecule has 1 aliphatic heterocycles. The highest BCUT2D eigenvalue weighted by Crippen LogP contribution is 2.26. The predicted molar refractivity (Wildman–Crippen MR) is 113 cm³/mol. The molecule has 0 saturated carbocycles. The lowest BCUT2D eigenvalue weighted by Gasteiger charge is -2.31. The van der Waals surface area contributed by atoms with Crippen molar-refractivity contribution in [2.24, 2.45) is 0 Å². The van der Waals surface area contributed by atoms with Crippen molar-refractivity contribution in [2.75, 3.05) is 51.4 Å². The van der Waals surface area contributed by atoms with Crippen LogP contribution >= 0.6 is 23.1 Å². The highest BCUT2D eigenvalue weighted by molar-refractivity contribution is 8.01. The molecule has 0 unspecified atom stereocenters. The summed E-state index contributed by atoms with van der Waals surface area (Å²) in [4.78, 5) is 25.9. The van der Waals surface area contributed by atoms with E-state index < -0.39 is 15.9 Å². The third-order valence-corrected chi connectivity index (χ3v) is 8.20. The van der Waals surface area contributed by atoms with Gasteiger partial charge in [-0.05, 0) is 25.2 Å². The number of nitrogens with zero attached hydrogens (tertiary/aromatic N) is 4. The fourth-order valence-corrected chi connectivity index (χ4v) is 5.69. The van der Waals surface area contributed by atoms with E-state index in [1.807, 2.05) is 7.05 Å². The topological polar surface area (TPSA) is 122 Å². The van der Waals surface area contributed by atoms with Gasteiger partial charge in [-0.15, -0.1) is 10.2 Å². The normalized spacial score (nSPS) is 15.7. The number of ether oxygens (including phenoxy) is 1. The van der Waals surface area contributed by atoms with Gasteiger partial charge in [-0.1, -0.05) is 29.2 Å². The van der Waals surface area contributed by atoms with Crippen LogP contribution in [0.15, 0.2) is 33.5 Å². The summed E-state index contributed by atoms with van der Waals surface area (Å²) in [6, 6.07) is 5.91. The molecular weight excluding hydrogens is 450 g/mol. The van der Waals surface area contributed by atoms with E-state index in [-0.39, 0.29) is 27.3 Å². The van der Waals surface area contributed by atoms with Crippen molar-refractivity contribution < 1.29 is 22.7 Å². The molecule has 0 radical (unpaired) electrons. The molecule has 162 valence electrons. The van der Waals surface area contributed by atoms with Gasteiger partial charge < -0.3 is 9.64 Å². The number of amides is 1. The van der Waals surface area contributed by atoms with Crippen LogP contribution in [0, 0.1) is 0 Å². The van der Waals surface area contributed by atoms with Gasteiger partial charge in [0, 0.05) is 31.7 Å². The number of thioether (sulfide) groups is 1. The first kappa shape index (κ1) is 22.6. The Morgan fingerprint density at radius 2 is 1.97 bits per heavy atom. The number of nitrogens with one attached hydrogen (secondary N) is 1. The quantitative estimate of drug-likeness (QED) is 0.358. The lowest BCUT2D eigenvalue weighted by molar-refractivity contribution is -0.137. The van der Waals surface area contributed by atoms with Crippen molar-refractivity contribution in [3.05, 3.63) is 29.8 Å². The SMILES string of the molecule is COC(=O)CSc1nnc(NC(=O)c2cccc(S(=O)(=O)N3CCN(C)CC3)c2)s1. The fourth-order valence-electron chi connectivity index (χ4n) is 2.64. The fraction of sp³-hybridized carbons (Fsp3) is 0.412. The molecule has 0 spiro atoms. The van der Waals surface area contributed by atoms with Gasteiger partial charge in [-0.3, -0.25) is 14.9 Å². The van der Waals surface area contributed by atoms with Crippen LogP contribution in [-0.4, -0.2) is 85.8 Å². The summed E-state index contributed by atoms with van der Waals surface area (Å²) < 4.78 is 32.3. The minimum absolute atomic E-state index is 0.0753. The van der Waals surface area contributed by atoms with E-state index in [1.54, 1.807) is 0 Å². The highest BCUT2D eigenvalue weighted by Gasteiger charge is 2.28. The number of hydrogen-bond donors (Lipinski definition) is 1. The summed E-state index contributed by atoms with van der Waals surface area (Å²) in [5, 5.41) is 10.6. The molecule has 10 nitrogen and oxygen atoms in total. The number of carbonyl (C=O) groups excluding carboxylic acids is 2. The van der Waals surface area contributed by atoms with Crippen molar-refractivity contribution in [3.8, 4) is 0 Å². The maximum Gasteiger partial charge on any atom is 0.316 e. The molecule has 0 bridgehead atoms. The number of hydrogen-bond acceptors (Lipinski definition) is 10. The smallest absolute Gasteiger partial charge is 0.316 e. The van der Waals surface area contributed by atoms with Crippen molar-refractivity contribution in [1.29, 1.82) is 0 Å². The molecule has 1 aromatic carbocycles. The lowest BCUT2D eigenvalue weighted by atomic mass is 10.2. The summed E-state index contributed by atoms with van der Waals surface area (Å²) in [6.45, 7) is 2.14. The molecule has 1 aromatic heterocycles. The van der Waals surface area contributed by atoms with Gasteiger partial charge in [0.05, 0.1) is 17.8 Å². The minimum atomic E-state index is -3.67. The Kier molecular flexibility index (Phi) is 7.41. The predicted octanol–water partition coefficient (Wildman–Crippen LogP) is 0.992. The number of likely N-dealkylation sites (N-methyl/N-ethyl adjacent to an activating group) is 1. The van der Waals surface area contributed by atoms with Crippen LogP contribution in [0.25, 0.3) is 0 Å². The van der Waals surface area contributed by atoms with Gasteiger partial charge in [-0.25, -0.2) is 8.42 Å². The molecule has 0 atom stereocenters. The number of anilines is 1. The number of aromatic nitrogens is 2. The molecule has 30 heavy (non-hydrogen) atoms. The van der Waals surface area contributed by atoms with E-state index in [0.29, 0.717) is 30.5 Å². The Balaban J connectivity index is 1.68. The van der Waals surface area contributed by atoms with E-state index in [0.717, 1.165) is 23.1 Å². The first-order chi connectivity index (χ1) is 14.3. The lowest BCUT2D eigenvalue weighted by Crippen LogP contribution is -2.47. The second-order valence-corrected chi connectivity index (χ2v) is 10.6. The zero-order valence-corrected chi connectivity index (χ0v) is 18.8. The van der Waals surface area contributed by atoms with E-state index >= 15 is 0 Å². The van der Waals surface area contributed by atoms with Crippen LogP contribution in [0.3, 0.4) is 0 Å². The number of piperazine rings is 1. The second-order valence-electron chi connectivity index (χ2n) is 6.43. The van der Waals surface area contributed by atoms with Gasteiger partial charge in [0.15, 0.2) is 4.34 Å². The standard InChI is InChI=1S/C17H21N5O5S3/c1-21-6-8-22(9-7-21)30(25,26)13-5-3-4-12(10-13)15(24)18-16-19-20-17(29-16)28-11-14(23)27-2/h3-5,10H,6-9,11H2,1-2H3,(H,18,19,24). The Labute approximate surface area is 182 Å². The maximum absolute atomic E-state index is 12.9. The molecule has 13 heteroatoms. The zero-order chi connectivity index (χ0) is 21.7. The molecule has 0 aliphatic carbocycles. The summed E-state index contributed by atoms with van der Waals surface area (Å²) in [5.41, 5.74) is 0.198. The number of sulfonamides is 1. The van der Waals surface area contributed by atoms with Gasteiger partial charge in [0.2, 0.25) is 15.2 Å². The average molecular weight is 472 g/mol. The zero-order valence-electron chi connectivity index (χ0n) is 16.4. The first-order valence-electron chi connectivity index (χ1n) is 8.93. The molecule has 1 N–H and O–H groups in total. The summed E-state index contributed by atoms with van der Waals surface area (Å²) in [5.74, 6) is -0.795. The molecule has 1 saturated heterocycles. The summed E-state index contributed by atoms with van der Waals surface area (Å²) >= 11 is 2.26. The summed E-state index contributed by atoms with van der Waals surface area (Å²) in [7, 11) is -0.430. The van der Waals surface area contributed by atoms with Crippen LogP contribution in [0.1, 0.15) is 10.4 Å². The van der Waals surface area contributed by atoms with Crippen LogP contribution < -0.4 is 5.32 Å². The molecular formula is C17H21N5O5S3. The van der Waals surface area contributed by atoms with Crippen LogP contribution in [-0.2, 0) is 19.6 Å². The van der Waals surface area contributed by atoms with Crippen molar-refractivity contribution in [3.63, 3.8) is 0 Å². The van der Waals surface area contributed by atoms with Gasteiger partial charge in [0.1, 0.15) is 0 Å². The highest BCUT2D eigenvalue weighted by atomic mass is 32.2. The summed E-state index contributed by atoms with van der Waals surface area (Å²) in [6.07, 6.45) is 0. The van der Waals surface area contributed by atoms with Crippen LogP contribution in [0.5, 0.6) is 0 Å². The Hall–Kier alpha value is -2.06. The van der Waals surface area contributed by atoms with Crippen molar-refractivity contribution in [2.45, 2.75) is 9.24 Å². The third-order valence-electron chi connectivity index (χ3n) is 4.36. The molecule has 2 aromatic rings. The Morgan fingerprint density at radius 1 is 1.23 bits per heavy atom. The minimum Gasteiger partial charge on any atom is -0.468 e. The number of methoxy groups -OCH3 is 1. The van der Waals surface area contributed by atoms with Gasteiger partial charge >= 0.3 is 5.97 Å². The van der Waals surface area contributed by atoms with E-state index in [1.165, 1.54) is 35.7 Å². The number of esters is 1. The van der Waals surface area contributed by atoms with Crippen molar-refractivity contribution in [1.82, 2.24) is 19.4 Å². The molecule has 2 heterocycles. The largest absolute Gasteiger partial charge is 0.468 e. The Morgan fingerprint density at radius 3 is 2.67 bits per heavy atom. The molecule has 1 aliphatic rings.